The van der Waals surface area contributed by atoms with Crippen LogP contribution in [0, 0.1) is 0 Å². The molecule has 8 nitrogen and oxygen atoms in total. The number of carbonyl (C=O) groups is 1. The van der Waals surface area contributed by atoms with Gasteiger partial charge in [0.05, 0.1) is 11.4 Å². The molecule has 0 aliphatic carbocycles. The molecule has 0 saturated carbocycles. The fourth-order valence-electron chi connectivity index (χ4n) is 2.53. The average molecular weight is 401 g/mol. The van der Waals surface area contributed by atoms with Gasteiger partial charge in [-0.15, -0.1) is 10.2 Å². The second kappa shape index (κ2) is 8.55. The number of carbonyl (C=O) groups excluding carboxylic acids is 1. The molecule has 0 radical (unpaired) electrons. The number of thioether (sulfide) groups is 1. The lowest BCUT2D eigenvalue weighted by Crippen LogP contribution is -2.14. The first-order chi connectivity index (χ1) is 13.4. The highest BCUT2D eigenvalue weighted by Crippen LogP contribution is 2.25. The summed E-state index contributed by atoms with van der Waals surface area (Å²) >= 11 is 1.34. The minimum atomic E-state index is -0.182. The molecule has 0 aliphatic heterocycles. The average Bonchev–Trinajstić information content (AvgIpc) is 3.28. The van der Waals surface area contributed by atoms with Crippen LogP contribution in [0.25, 0.3) is 11.4 Å². The molecule has 0 fully saturated rings. The molecule has 3 heterocycles. The predicted octanol–water partition coefficient (Wildman–Crippen LogP) is 3.77. The molecule has 28 heavy (non-hydrogen) atoms. The highest BCUT2D eigenvalue weighted by molar-refractivity contribution is 7.99. The van der Waals surface area contributed by atoms with Gasteiger partial charge in [0.25, 0.3) is 0 Å². The highest BCUT2D eigenvalue weighted by atomic mass is 32.2. The number of rotatable bonds is 7. The van der Waals surface area contributed by atoms with Crippen molar-refractivity contribution in [2.45, 2.75) is 51.2 Å². The first-order valence-electron chi connectivity index (χ1n) is 9.12. The molecule has 3 aromatic heterocycles. The zero-order valence-corrected chi connectivity index (χ0v) is 17.3. The van der Waals surface area contributed by atoms with E-state index in [-0.39, 0.29) is 17.1 Å². The Morgan fingerprint density at radius 1 is 1.25 bits per heavy atom. The van der Waals surface area contributed by atoms with Crippen molar-refractivity contribution in [1.29, 1.82) is 0 Å². The van der Waals surface area contributed by atoms with E-state index in [9.17, 15) is 4.79 Å². The molecule has 1 N–H and O–H groups in total. The summed E-state index contributed by atoms with van der Waals surface area (Å²) < 4.78 is 7.24. The molecule has 9 heteroatoms. The zero-order chi connectivity index (χ0) is 20.1. The van der Waals surface area contributed by atoms with E-state index < -0.39 is 0 Å². The van der Waals surface area contributed by atoms with Crippen LogP contribution in [0.4, 0.5) is 5.88 Å². The van der Waals surface area contributed by atoms with Gasteiger partial charge in [-0.05, 0) is 18.6 Å². The van der Waals surface area contributed by atoms with Crippen molar-refractivity contribution in [3.8, 4) is 11.4 Å². The molecule has 0 aromatic carbocycles. The van der Waals surface area contributed by atoms with Gasteiger partial charge in [-0.3, -0.25) is 15.1 Å². The molecule has 0 spiro atoms. The molecular weight excluding hydrogens is 376 g/mol. The van der Waals surface area contributed by atoms with Gasteiger partial charge in [-0.25, -0.2) is 0 Å². The van der Waals surface area contributed by atoms with Crippen LogP contribution in [0.1, 0.15) is 39.8 Å². The van der Waals surface area contributed by atoms with Crippen LogP contribution < -0.4 is 5.32 Å². The zero-order valence-electron chi connectivity index (χ0n) is 16.5. The van der Waals surface area contributed by atoms with E-state index in [2.05, 4.69) is 32.6 Å². The largest absolute Gasteiger partial charge is 0.338 e. The van der Waals surface area contributed by atoms with Crippen LogP contribution in [0.3, 0.4) is 0 Å². The number of anilines is 1. The summed E-state index contributed by atoms with van der Waals surface area (Å²) in [7, 11) is 0. The maximum Gasteiger partial charge on any atom is 0.237 e. The SMILES string of the molecule is CCCn1c(SCC(=O)Nc2cc(C(C)(C)C)no2)nnc1-c1ccncc1. The monoisotopic (exact) mass is 400 g/mol. The van der Waals surface area contributed by atoms with Crippen molar-refractivity contribution in [1.82, 2.24) is 24.9 Å². The highest BCUT2D eigenvalue weighted by Gasteiger charge is 2.20. The lowest BCUT2D eigenvalue weighted by molar-refractivity contribution is -0.113. The minimum Gasteiger partial charge on any atom is -0.338 e. The maximum absolute atomic E-state index is 12.3. The molecule has 0 aliphatic rings. The number of hydrogen-bond donors (Lipinski definition) is 1. The van der Waals surface area contributed by atoms with Gasteiger partial charge in [0.2, 0.25) is 11.8 Å². The van der Waals surface area contributed by atoms with E-state index in [1.54, 1.807) is 18.5 Å². The summed E-state index contributed by atoms with van der Waals surface area (Å²) in [6.45, 7) is 8.97. The number of nitrogens with zero attached hydrogens (tertiary/aromatic N) is 5. The Morgan fingerprint density at radius 2 is 2.00 bits per heavy atom. The van der Waals surface area contributed by atoms with Gasteiger partial charge >= 0.3 is 0 Å². The summed E-state index contributed by atoms with van der Waals surface area (Å²) in [6, 6.07) is 5.55. The van der Waals surface area contributed by atoms with Crippen molar-refractivity contribution in [3.63, 3.8) is 0 Å². The van der Waals surface area contributed by atoms with Crippen LogP contribution in [0.5, 0.6) is 0 Å². The molecule has 3 rings (SSSR count). The Kier molecular flexibility index (Phi) is 6.13. The maximum atomic E-state index is 12.3. The van der Waals surface area contributed by atoms with Crippen molar-refractivity contribution >= 4 is 23.6 Å². The minimum absolute atomic E-state index is 0.138. The van der Waals surface area contributed by atoms with Gasteiger partial charge < -0.3 is 9.09 Å². The van der Waals surface area contributed by atoms with Gasteiger partial charge in [0.1, 0.15) is 0 Å². The Morgan fingerprint density at radius 3 is 2.64 bits per heavy atom. The lowest BCUT2D eigenvalue weighted by Gasteiger charge is -2.12. The van der Waals surface area contributed by atoms with Crippen LogP contribution in [0.2, 0.25) is 0 Å². The van der Waals surface area contributed by atoms with E-state index >= 15 is 0 Å². The molecule has 0 unspecified atom stereocenters. The second-order valence-corrected chi connectivity index (χ2v) is 8.30. The van der Waals surface area contributed by atoms with E-state index in [0.717, 1.165) is 30.0 Å². The molecule has 3 aromatic rings. The van der Waals surface area contributed by atoms with Gasteiger partial charge in [0, 0.05) is 36.0 Å². The Labute approximate surface area is 168 Å². The molecule has 1 amide bonds. The summed E-state index contributed by atoms with van der Waals surface area (Å²) in [6.07, 6.45) is 4.39. The molecule has 0 saturated heterocycles. The molecule has 0 atom stereocenters. The molecular formula is C19H24N6O2S. The predicted molar refractivity (Wildman–Crippen MR) is 108 cm³/mol. The lowest BCUT2D eigenvalue weighted by atomic mass is 9.92. The number of aromatic nitrogens is 5. The molecule has 148 valence electrons. The fourth-order valence-corrected chi connectivity index (χ4v) is 3.29. The normalized spacial score (nSPS) is 11.6. The standard InChI is InChI=1S/C19H24N6O2S/c1-5-10-25-17(13-6-8-20-9-7-13)22-23-18(25)28-12-15(26)21-16-11-14(24-27-16)19(2,3)4/h6-9,11H,5,10,12H2,1-4H3,(H,21,26). The third-order valence-electron chi connectivity index (χ3n) is 3.98. The van der Waals surface area contributed by atoms with E-state index in [1.807, 2.05) is 37.5 Å². The Bertz CT molecular complexity index is 930. The first kappa shape index (κ1) is 20.1. The van der Waals surface area contributed by atoms with Crippen LogP contribution in [-0.2, 0) is 16.8 Å². The van der Waals surface area contributed by atoms with Gasteiger partial charge in [-0.1, -0.05) is 44.6 Å². The van der Waals surface area contributed by atoms with Crippen molar-refractivity contribution in [2.75, 3.05) is 11.1 Å². The fraction of sp³-hybridized carbons (Fsp3) is 0.421. The van der Waals surface area contributed by atoms with Crippen molar-refractivity contribution < 1.29 is 9.32 Å². The summed E-state index contributed by atoms with van der Waals surface area (Å²) in [5.41, 5.74) is 1.60. The van der Waals surface area contributed by atoms with Crippen LogP contribution in [0.15, 0.2) is 40.3 Å². The molecule has 0 bridgehead atoms. The summed E-state index contributed by atoms with van der Waals surface area (Å²) in [5, 5.41) is 16.0. The van der Waals surface area contributed by atoms with E-state index in [0.29, 0.717) is 11.0 Å². The van der Waals surface area contributed by atoms with Crippen molar-refractivity contribution in [2.24, 2.45) is 0 Å². The van der Waals surface area contributed by atoms with Crippen LogP contribution in [-0.4, -0.2) is 36.6 Å². The van der Waals surface area contributed by atoms with E-state index in [1.165, 1.54) is 11.8 Å². The third-order valence-corrected chi connectivity index (χ3v) is 4.94. The Hall–Kier alpha value is -2.68. The van der Waals surface area contributed by atoms with Crippen LogP contribution >= 0.6 is 11.8 Å². The number of hydrogen-bond acceptors (Lipinski definition) is 7. The number of amides is 1. The summed E-state index contributed by atoms with van der Waals surface area (Å²) in [4.78, 5) is 16.3. The third kappa shape index (κ3) is 4.78. The van der Waals surface area contributed by atoms with Gasteiger partial charge in [-0.2, -0.15) is 0 Å². The van der Waals surface area contributed by atoms with E-state index in [4.69, 9.17) is 4.52 Å². The second-order valence-electron chi connectivity index (χ2n) is 7.36. The smallest absolute Gasteiger partial charge is 0.237 e. The quantitative estimate of drug-likeness (QED) is 0.603. The van der Waals surface area contributed by atoms with Gasteiger partial charge in [0.15, 0.2) is 11.0 Å². The number of pyridine rings is 1. The van der Waals surface area contributed by atoms with Crippen molar-refractivity contribution in [3.05, 3.63) is 36.3 Å². The Balaban J connectivity index is 1.66. The topological polar surface area (TPSA) is 98.7 Å². The first-order valence-corrected chi connectivity index (χ1v) is 10.1. The summed E-state index contributed by atoms with van der Waals surface area (Å²) in [5.74, 6) is 1.14. The number of nitrogens with one attached hydrogen (secondary N) is 1.